The summed E-state index contributed by atoms with van der Waals surface area (Å²) in [6.07, 6.45) is 2.18. The minimum absolute atomic E-state index is 0.124. The van der Waals surface area contributed by atoms with Crippen molar-refractivity contribution in [3.05, 3.63) is 35.9 Å². The summed E-state index contributed by atoms with van der Waals surface area (Å²) in [6.45, 7) is 0. The van der Waals surface area contributed by atoms with Gasteiger partial charge in [-0.25, -0.2) is 4.79 Å². The van der Waals surface area contributed by atoms with Crippen LogP contribution in [0.25, 0.3) is 6.08 Å². The summed E-state index contributed by atoms with van der Waals surface area (Å²) >= 11 is 0. The molecule has 0 atom stereocenters. The molecule has 1 N–H and O–H groups in total. The van der Waals surface area contributed by atoms with Crippen molar-refractivity contribution < 1.29 is 24.2 Å². The van der Waals surface area contributed by atoms with E-state index in [-0.39, 0.29) is 5.75 Å². The van der Waals surface area contributed by atoms with Crippen LogP contribution in [0.4, 0.5) is 0 Å². The zero-order valence-electron chi connectivity index (χ0n) is 9.75. The Morgan fingerprint density at radius 1 is 1.22 bits per heavy atom. The number of aromatic hydroxyl groups is 1. The Morgan fingerprint density at radius 2 is 1.83 bits per heavy atom. The third kappa shape index (κ3) is 4.21. The van der Waals surface area contributed by atoms with Crippen molar-refractivity contribution in [2.75, 3.05) is 7.11 Å². The van der Waals surface area contributed by atoms with Gasteiger partial charge in [0.2, 0.25) is 5.78 Å². The molecule has 1 rings (SSSR count). The van der Waals surface area contributed by atoms with Crippen LogP contribution >= 0.6 is 0 Å². The van der Waals surface area contributed by atoms with E-state index in [9.17, 15) is 14.4 Å². The van der Waals surface area contributed by atoms with E-state index >= 15 is 0 Å². The normalized spacial score (nSPS) is 10.3. The van der Waals surface area contributed by atoms with Crippen LogP contribution in [-0.4, -0.2) is 29.8 Å². The van der Waals surface area contributed by atoms with Gasteiger partial charge in [-0.05, 0) is 23.8 Å². The first-order chi connectivity index (χ1) is 8.52. The van der Waals surface area contributed by atoms with Gasteiger partial charge in [0.15, 0.2) is 5.78 Å². The number of ether oxygens (including phenoxy) is 1. The van der Waals surface area contributed by atoms with Crippen LogP contribution in [0.2, 0.25) is 0 Å². The number of Topliss-reactive ketones (excluding diaryl/α,β-unsaturated/α-hetero) is 1. The Morgan fingerprint density at radius 3 is 2.39 bits per heavy atom. The number of phenolic OH excluding ortho intramolecular Hbond substituents is 1. The van der Waals surface area contributed by atoms with Gasteiger partial charge in [-0.15, -0.1) is 0 Å². The van der Waals surface area contributed by atoms with Crippen LogP contribution in [0.3, 0.4) is 0 Å². The van der Waals surface area contributed by atoms with Gasteiger partial charge in [0, 0.05) is 0 Å². The highest BCUT2D eigenvalue weighted by Gasteiger charge is 2.16. The van der Waals surface area contributed by atoms with Gasteiger partial charge in [-0.2, -0.15) is 0 Å². The molecule has 0 aromatic heterocycles. The van der Waals surface area contributed by atoms with Gasteiger partial charge < -0.3 is 9.84 Å². The van der Waals surface area contributed by atoms with E-state index in [0.29, 0.717) is 5.56 Å². The summed E-state index contributed by atoms with van der Waals surface area (Å²) in [5.74, 6) is -2.27. The topological polar surface area (TPSA) is 80.7 Å². The summed E-state index contributed by atoms with van der Waals surface area (Å²) in [5.41, 5.74) is 0.701. The third-order valence-electron chi connectivity index (χ3n) is 2.10. The molecule has 0 unspecified atom stereocenters. The first kappa shape index (κ1) is 13.6. The van der Waals surface area contributed by atoms with Crippen LogP contribution in [0.1, 0.15) is 12.0 Å². The number of hydrogen-bond acceptors (Lipinski definition) is 5. The number of ketones is 2. The van der Waals surface area contributed by atoms with E-state index in [4.69, 9.17) is 5.11 Å². The van der Waals surface area contributed by atoms with Crippen molar-refractivity contribution in [1.82, 2.24) is 0 Å². The number of carbonyl (C=O) groups excluding carboxylic acids is 3. The number of hydrogen-bond donors (Lipinski definition) is 1. The van der Waals surface area contributed by atoms with Crippen LogP contribution in [0.5, 0.6) is 5.75 Å². The number of esters is 1. The van der Waals surface area contributed by atoms with Crippen molar-refractivity contribution in [2.45, 2.75) is 6.42 Å². The predicted octanol–water partition coefficient (Wildman–Crippen LogP) is 1.11. The van der Waals surface area contributed by atoms with Crippen LogP contribution in [0.15, 0.2) is 30.3 Å². The Labute approximate surface area is 104 Å². The molecule has 94 valence electrons. The summed E-state index contributed by atoms with van der Waals surface area (Å²) in [4.78, 5) is 33.2. The smallest absolute Gasteiger partial charge is 0.374 e. The number of allylic oxidation sites excluding steroid dienone is 1. The molecule has 0 saturated heterocycles. The van der Waals surface area contributed by atoms with Gasteiger partial charge in [0.1, 0.15) is 5.75 Å². The van der Waals surface area contributed by atoms with Gasteiger partial charge in [-0.1, -0.05) is 18.2 Å². The molecule has 0 spiro atoms. The molecule has 1 aromatic rings. The zero-order valence-corrected chi connectivity index (χ0v) is 9.75. The monoisotopic (exact) mass is 248 g/mol. The second-order valence-corrected chi connectivity index (χ2v) is 3.48. The van der Waals surface area contributed by atoms with Gasteiger partial charge in [0.25, 0.3) is 0 Å². The fourth-order valence-electron chi connectivity index (χ4n) is 1.18. The fraction of sp³-hybridized carbons (Fsp3) is 0.154. The maximum atomic E-state index is 11.3. The molecule has 0 heterocycles. The molecule has 0 fully saturated rings. The minimum atomic E-state index is -1.03. The maximum absolute atomic E-state index is 11.3. The predicted molar refractivity (Wildman–Crippen MR) is 63.8 cm³/mol. The molecule has 0 radical (unpaired) electrons. The number of methoxy groups -OCH3 is 1. The van der Waals surface area contributed by atoms with Gasteiger partial charge >= 0.3 is 5.97 Å². The third-order valence-corrected chi connectivity index (χ3v) is 2.10. The standard InChI is InChI=1S/C13H12O5/c1-18-13(17)12(16)8-11(15)7-4-9-2-5-10(14)6-3-9/h2-7,14H,8H2,1H3/b7-4+. The summed E-state index contributed by atoms with van der Waals surface area (Å²) in [7, 11) is 1.08. The lowest BCUT2D eigenvalue weighted by atomic mass is 10.1. The van der Waals surface area contributed by atoms with Crippen LogP contribution < -0.4 is 0 Å². The lowest BCUT2D eigenvalue weighted by Crippen LogP contribution is -2.18. The highest BCUT2D eigenvalue weighted by molar-refractivity contribution is 6.37. The second-order valence-electron chi connectivity index (χ2n) is 3.48. The van der Waals surface area contributed by atoms with Crippen molar-refractivity contribution in [3.63, 3.8) is 0 Å². The average molecular weight is 248 g/mol. The molecule has 0 aliphatic rings. The molecule has 0 bridgehead atoms. The lowest BCUT2D eigenvalue weighted by Gasteiger charge is -1.96. The van der Waals surface area contributed by atoms with Crippen LogP contribution in [0, 0.1) is 0 Å². The Hall–Kier alpha value is -2.43. The number of carbonyl (C=O) groups is 3. The first-order valence-corrected chi connectivity index (χ1v) is 5.14. The van der Waals surface area contributed by atoms with E-state index in [0.717, 1.165) is 7.11 Å². The molecule has 18 heavy (non-hydrogen) atoms. The van der Waals surface area contributed by atoms with Crippen LogP contribution in [-0.2, 0) is 19.1 Å². The highest BCUT2D eigenvalue weighted by atomic mass is 16.5. The highest BCUT2D eigenvalue weighted by Crippen LogP contribution is 2.10. The fourth-order valence-corrected chi connectivity index (χ4v) is 1.18. The largest absolute Gasteiger partial charge is 0.508 e. The van der Waals surface area contributed by atoms with Gasteiger partial charge in [-0.3, -0.25) is 9.59 Å². The molecule has 5 heteroatoms. The zero-order chi connectivity index (χ0) is 13.5. The number of benzene rings is 1. The van der Waals surface area contributed by atoms with E-state index < -0.39 is 24.0 Å². The average Bonchev–Trinajstić information content (AvgIpc) is 2.37. The van der Waals surface area contributed by atoms with Crippen molar-refractivity contribution in [2.24, 2.45) is 0 Å². The molecular formula is C13H12O5. The first-order valence-electron chi connectivity index (χ1n) is 5.14. The Balaban J connectivity index is 2.57. The molecule has 0 aliphatic carbocycles. The maximum Gasteiger partial charge on any atom is 0.374 e. The summed E-state index contributed by atoms with van der Waals surface area (Å²) in [5, 5.41) is 9.05. The lowest BCUT2D eigenvalue weighted by molar-refractivity contribution is -0.152. The summed E-state index contributed by atoms with van der Waals surface area (Å²) in [6, 6.07) is 6.18. The van der Waals surface area contributed by atoms with E-state index in [1.807, 2.05) is 0 Å². The molecule has 5 nitrogen and oxygen atoms in total. The summed E-state index contributed by atoms with van der Waals surface area (Å²) < 4.78 is 4.20. The Bertz CT molecular complexity index is 485. The Kier molecular flexibility index (Phi) is 4.80. The van der Waals surface area contributed by atoms with E-state index in [1.165, 1.54) is 24.3 Å². The minimum Gasteiger partial charge on any atom is -0.508 e. The number of rotatable bonds is 5. The molecule has 0 saturated carbocycles. The van der Waals surface area contributed by atoms with E-state index in [2.05, 4.69) is 4.74 Å². The molecule has 0 amide bonds. The van der Waals surface area contributed by atoms with Crippen molar-refractivity contribution in [1.29, 1.82) is 0 Å². The SMILES string of the molecule is COC(=O)C(=O)CC(=O)/C=C/c1ccc(O)cc1. The second kappa shape index (κ2) is 6.34. The van der Waals surface area contributed by atoms with Gasteiger partial charge in [0.05, 0.1) is 13.5 Å². The quantitative estimate of drug-likeness (QED) is 0.365. The number of phenols is 1. The molecule has 0 aliphatic heterocycles. The van der Waals surface area contributed by atoms with E-state index in [1.54, 1.807) is 12.1 Å². The molecule has 1 aromatic carbocycles. The molecular weight excluding hydrogens is 236 g/mol. The van der Waals surface area contributed by atoms with Crippen molar-refractivity contribution in [3.8, 4) is 5.75 Å². The van der Waals surface area contributed by atoms with Crippen molar-refractivity contribution >= 4 is 23.6 Å².